The SMILES string of the molecule is CCSCC(C)NCc1cnco1. The number of nitrogens with one attached hydrogen (secondary N) is 1. The number of thioether (sulfide) groups is 1. The first-order valence-corrected chi connectivity index (χ1v) is 5.67. The quantitative estimate of drug-likeness (QED) is 0.761. The average molecular weight is 200 g/mol. The highest BCUT2D eigenvalue weighted by atomic mass is 32.2. The Morgan fingerprint density at radius 3 is 3.15 bits per heavy atom. The van der Waals surface area contributed by atoms with E-state index < -0.39 is 0 Å². The maximum atomic E-state index is 5.11. The first-order valence-electron chi connectivity index (χ1n) is 4.51. The summed E-state index contributed by atoms with van der Waals surface area (Å²) in [7, 11) is 0. The molecule has 1 unspecified atom stereocenters. The van der Waals surface area contributed by atoms with Crippen LogP contribution in [0.25, 0.3) is 0 Å². The third-order valence-electron chi connectivity index (χ3n) is 1.68. The summed E-state index contributed by atoms with van der Waals surface area (Å²) in [4.78, 5) is 3.85. The van der Waals surface area contributed by atoms with Gasteiger partial charge in [-0.2, -0.15) is 11.8 Å². The van der Waals surface area contributed by atoms with Crippen LogP contribution in [-0.2, 0) is 6.54 Å². The molecule has 1 heterocycles. The maximum Gasteiger partial charge on any atom is 0.180 e. The minimum Gasteiger partial charge on any atom is -0.447 e. The Balaban J connectivity index is 2.11. The standard InChI is InChI=1S/C9H16N2OS/c1-3-13-6-8(2)11-5-9-4-10-7-12-9/h4,7-8,11H,3,5-6H2,1-2H3. The van der Waals surface area contributed by atoms with Gasteiger partial charge in [0.2, 0.25) is 0 Å². The van der Waals surface area contributed by atoms with E-state index in [1.54, 1.807) is 6.20 Å². The highest BCUT2D eigenvalue weighted by molar-refractivity contribution is 7.99. The molecule has 0 aliphatic rings. The molecule has 0 fully saturated rings. The van der Waals surface area contributed by atoms with Crippen molar-refractivity contribution in [2.75, 3.05) is 11.5 Å². The van der Waals surface area contributed by atoms with Crippen LogP contribution < -0.4 is 5.32 Å². The van der Waals surface area contributed by atoms with E-state index in [1.165, 1.54) is 12.1 Å². The second kappa shape index (κ2) is 6.05. The van der Waals surface area contributed by atoms with Crippen LogP contribution >= 0.6 is 11.8 Å². The van der Waals surface area contributed by atoms with Crippen LogP contribution in [0.2, 0.25) is 0 Å². The van der Waals surface area contributed by atoms with Gasteiger partial charge in [-0.1, -0.05) is 6.92 Å². The number of rotatable bonds is 6. The fourth-order valence-corrected chi connectivity index (χ4v) is 1.66. The molecular formula is C9H16N2OS. The van der Waals surface area contributed by atoms with Crippen LogP contribution in [0, 0.1) is 0 Å². The van der Waals surface area contributed by atoms with Crippen molar-refractivity contribution in [2.24, 2.45) is 0 Å². The van der Waals surface area contributed by atoms with Crippen LogP contribution in [0.3, 0.4) is 0 Å². The second-order valence-corrected chi connectivity index (χ2v) is 4.23. The van der Waals surface area contributed by atoms with E-state index in [4.69, 9.17) is 4.42 Å². The van der Waals surface area contributed by atoms with E-state index in [0.717, 1.165) is 18.1 Å². The van der Waals surface area contributed by atoms with Crippen molar-refractivity contribution in [3.05, 3.63) is 18.4 Å². The number of oxazole rings is 1. The molecule has 0 saturated heterocycles. The van der Waals surface area contributed by atoms with Crippen molar-refractivity contribution in [3.8, 4) is 0 Å². The monoisotopic (exact) mass is 200 g/mol. The number of hydrogen-bond acceptors (Lipinski definition) is 4. The first kappa shape index (κ1) is 10.6. The van der Waals surface area contributed by atoms with Gasteiger partial charge in [0.15, 0.2) is 6.39 Å². The minimum atomic E-state index is 0.523. The lowest BCUT2D eigenvalue weighted by Gasteiger charge is -2.10. The summed E-state index contributed by atoms with van der Waals surface area (Å²) in [5.74, 6) is 3.22. The maximum absolute atomic E-state index is 5.11. The predicted molar refractivity (Wildman–Crippen MR) is 55.8 cm³/mol. The Labute approximate surface area is 83.3 Å². The fourth-order valence-electron chi connectivity index (χ4n) is 0.958. The van der Waals surface area contributed by atoms with Gasteiger partial charge in [0.1, 0.15) is 5.76 Å². The lowest BCUT2D eigenvalue weighted by Crippen LogP contribution is -2.27. The Hall–Kier alpha value is -0.480. The van der Waals surface area contributed by atoms with Crippen molar-refractivity contribution in [1.29, 1.82) is 0 Å². The van der Waals surface area contributed by atoms with Gasteiger partial charge in [-0.3, -0.25) is 0 Å². The van der Waals surface area contributed by atoms with Crippen molar-refractivity contribution < 1.29 is 4.42 Å². The zero-order chi connectivity index (χ0) is 9.52. The Morgan fingerprint density at radius 2 is 2.54 bits per heavy atom. The molecule has 0 radical (unpaired) electrons. The Kier molecular flexibility index (Phi) is 4.93. The first-order chi connectivity index (χ1) is 6.33. The van der Waals surface area contributed by atoms with Gasteiger partial charge in [-0.05, 0) is 12.7 Å². The molecule has 0 aromatic carbocycles. The summed E-state index contributed by atoms with van der Waals surface area (Å²) < 4.78 is 5.11. The van der Waals surface area contributed by atoms with Crippen molar-refractivity contribution >= 4 is 11.8 Å². The van der Waals surface area contributed by atoms with E-state index in [2.05, 4.69) is 24.1 Å². The molecule has 74 valence electrons. The largest absolute Gasteiger partial charge is 0.447 e. The lowest BCUT2D eigenvalue weighted by molar-refractivity contribution is 0.463. The van der Waals surface area contributed by atoms with Crippen LogP contribution in [0.1, 0.15) is 19.6 Å². The molecule has 4 heteroatoms. The third kappa shape index (κ3) is 4.33. The fraction of sp³-hybridized carbons (Fsp3) is 0.667. The van der Waals surface area contributed by atoms with Crippen LogP contribution in [0.5, 0.6) is 0 Å². The van der Waals surface area contributed by atoms with Gasteiger partial charge in [0, 0.05) is 11.8 Å². The molecule has 13 heavy (non-hydrogen) atoms. The summed E-state index contributed by atoms with van der Waals surface area (Å²) in [5, 5.41) is 3.37. The third-order valence-corrected chi connectivity index (χ3v) is 2.82. The van der Waals surface area contributed by atoms with Crippen molar-refractivity contribution in [2.45, 2.75) is 26.4 Å². The summed E-state index contributed by atoms with van der Waals surface area (Å²) in [6.07, 6.45) is 3.20. The zero-order valence-corrected chi connectivity index (χ0v) is 8.93. The van der Waals surface area contributed by atoms with Gasteiger partial charge in [-0.15, -0.1) is 0 Å². The van der Waals surface area contributed by atoms with Crippen molar-refractivity contribution in [1.82, 2.24) is 10.3 Å². The van der Waals surface area contributed by atoms with Gasteiger partial charge in [0.05, 0.1) is 12.7 Å². The smallest absolute Gasteiger partial charge is 0.180 e. The number of hydrogen-bond donors (Lipinski definition) is 1. The second-order valence-electron chi connectivity index (χ2n) is 2.91. The van der Waals surface area contributed by atoms with Crippen molar-refractivity contribution in [3.63, 3.8) is 0 Å². The van der Waals surface area contributed by atoms with E-state index >= 15 is 0 Å². The molecule has 0 bridgehead atoms. The van der Waals surface area contributed by atoms with Gasteiger partial charge in [0.25, 0.3) is 0 Å². The molecular weight excluding hydrogens is 184 g/mol. The molecule has 0 spiro atoms. The average Bonchev–Trinajstić information content (AvgIpc) is 2.64. The van der Waals surface area contributed by atoms with E-state index in [1.807, 2.05) is 11.8 Å². The zero-order valence-electron chi connectivity index (χ0n) is 8.12. The normalized spacial score (nSPS) is 13.1. The molecule has 1 atom stereocenters. The molecule has 1 rings (SSSR count). The molecule has 1 aromatic heterocycles. The minimum absolute atomic E-state index is 0.523. The molecule has 0 aliphatic carbocycles. The highest BCUT2D eigenvalue weighted by Crippen LogP contribution is 2.02. The number of aromatic nitrogens is 1. The number of nitrogens with zero attached hydrogens (tertiary/aromatic N) is 1. The predicted octanol–water partition coefficient (Wildman–Crippen LogP) is 1.91. The summed E-state index contributed by atoms with van der Waals surface area (Å²) in [6, 6.07) is 0.523. The van der Waals surface area contributed by atoms with Gasteiger partial charge < -0.3 is 9.73 Å². The molecule has 3 nitrogen and oxygen atoms in total. The molecule has 0 amide bonds. The van der Waals surface area contributed by atoms with Crippen LogP contribution in [0.4, 0.5) is 0 Å². The van der Waals surface area contributed by atoms with Crippen LogP contribution in [-0.4, -0.2) is 22.5 Å². The van der Waals surface area contributed by atoms with Gasteiger partial charge >= 0.3 is 0 Å². The summed E-state index contributed by atoms with van der Waals surface area (Å²) in [5.41, 5.74) is 0. The Morgan fingerprint density at radius 1 is 1.69 bits per heavy atom. The van der Waals surface area contributed by atoms with Crippen LogP contribution in [0.15, 0.2) is 17.0 Å². The topological polar surface area (TPSA) is 38.1 Å². The van der Waals surface area contributed by atoms with E-state index in [-0.39, 0.29) is 0 Å². The molecule has 0 saturated carbocycles. The summed E-state index contributed by atoms with van der Waals surface area (Å²) >= 11 is 1.94. The van der Waals surface area contributed by atoms with Gasteiger partial charge in [-0.25, -0.2) is 4.98 Å². The lowest BCUT2D eigenvalue weighted by atomic mass is 10.4. The molecule has 0 aliphatic heterocycles. The molecule has 1 aromatic rings. The Bertz CT molecular complexity index is 213. The summed E-state index contributed by atoms with van der Waals surface area (Å²) in [6.45, 7) is 5.12. The highest BCUT2D eigenvalue weighted by Gasteiger charge is 2.02. The van der Waals surface area contributed by atoms with E-state index in [0.29, 0.717) is 6.04 Å². The van der Waals surface area contributed by atoms with E-state index in [9.17, 15) is 0 Å². The molecule has 1 N–H and O–H groups in total.